The van der Waals surface area contributed by atoms with Gasteiger partial charge in [0.15, 0.2) is 0 Å². The Hall–Kier alpha value is -2.39. The highest BCUT2D eigenvalue weighted by Gasteiger charge is 1.99. The molecular weight excluding hydrogens is 338 g/mol. The molecule has 0 aliphatic heterocycles. The summed E-state index contributed by atoms with van der Waals surface area (Å²) < 4.78 is 1.02. The van der Waals surface area contributed by atoms with E-state index in [1.54, 1.807) is 12.2 Å². The molecule has 0 heterocycles. The number of benzene rings is 3. The monoisotopic (exact) mass is 351 g/mol. The molecule has 0 bridgehead atoms. The van der Waals surface area contributed by atoms with Crippen LogP contribution in [0, 0.1) is 0 Å². The van der Waals surface area contributed by atoms with Gasteiger partial charge in [0.25, 0.3) is 0 Å². The van der Waals surface area contributed by atoms with Gasteiger partial charge in [-0.15, -0.1) is 0 Å². The quantitative estimate of drug-likeness (QED) is 0.641. The average molecular weight is 352 g/mol. The van der Waals surface area contributed by atoms with Crippen LogP contribution in [0.4, 0.5) is 5.69 Å². The maximum Gasteiger partial charge on any atom is 0.248 e. The first-order valence-corrected chi connectivity index (χ1v) is 7.73. The summed E-state index contributed by atoms with van der Waals surface area (Å²) in [6, 6.07) is 21.7. The Bertz CT molecular complexity index is 837. The lowest BCUT2D eigenvalue weighted by molar-refractivity contribution is -0.111. The Morgan fingerprint density at radius 3 is 2.41 bits per heavy atom. The second kappa shape index (κ2) is 6.58. The van der Waals surface area contributed by atoms with E-state index in [4.69, 9.17) is 0 Å². The van der Waals surface area contributed by atoms with Gasteiger partial charge in [0.1, 0.15) is 0 Å². The third-order valence-electron chi connectivity index (χ3n) is 3.31. The smallest absolute Gasteiger partial charge is 0.248 e. The van der Waals surface area contributed by atoms with Crippen LogP contribution in [-0.2, 0) is 4.79 Å². The highest BCUT2D eigenvalue weighted by molar-refractivity contribution is 9.10. The van der Waals surface area contributed by atoms with Crippen molar-refractivity contribution in [2.45, 2.75) is 0 Å². The predicted octanol–water partition coefficient (Wildman–Crippen LogP) is 5.25. The SMILES string of the molecule is O=C(C=Cc1ccc(Br)cc1)Nc1ccc2ccccc2c1. The number of rotatable bonds is 3. The number of hydrogen-bond acceptors (Lipinski definition) is 1. The summed E-state index contributed by atoms with van der Waals surface area (Å²) in [5.74, 6) is -0.141. The zero-order valence-electron chi connectivity index (χ0n) is 11.8. The van der Waals surface area contributed by atoms with Crippen LogP contribution in [0.25, 0.3) is 16.8 Å². The third-order valence-corrected chi connectivity index (χ3v) is 3.84. The third kappa shape index (κ3) is 3.62. The summed E-state index contributed by atoms with van der Waals surface area (Å²) in [7, 11) is 0. The summed E-state index contributed by atoms with van der Waals surface area (Å²) in [4.78, 5) is 12.0. The fourth-order valence-corrected chi connectivity index (χ4v) is 2.46. The Morgan fingerprint density at radius 1 is 0.909 bits per heavy atom. The largest absolute Gasteiger partial charge is 0.322 e. The summed E-state index contributed by atoms with van der Waals surface area (Å²) >= 11 is 3.39. The second-order valence-corrected chi connectivity index (χ2v) is 5.85. The molecule has 0 radical (unpaired) electrons. The van der Waals surface area contributed by atoms with Crippen molar-refractivity contribution in [2.75, 3.05) is 5.32 Å². The first-order chi connectivity index (χ1) is 10.7. The number of anilines is 1. The molecule has 0 saturated carbocycles. The van der Waals surface area contributed by atoms with Gasteiger partial charge in [-0.3, -0.25) is 4.79 Å². The highest BCUT2D eigenvalue weighted by atomic mass is 79.9. The molecule has 22 heavy (non-hydrogen) atoms. The molecule has 0 fully saturated rings. The van der Waals surface area contributed by atoms with Gasteiger partial charge in [-0.05, 0) is 46.7 Å². The van der Waals surface area contributed by atoms with Gasteiger partial charge in [0, 0.05) is 16.2 Å². The molecule has 1 amide bonds. The molecule has 3 aromatic carbocycles. The molecule has 108 valence electrons. The fraction of sp³-hybridized carbons (Fsp3) is 0. The van der Waals surface area contributed by atoms with E-state index in [2.05, 4.69) is 21.2 Å². The van der Waals surface area contributed by atoms with Crippen molar-refractivity contribution >= 4 is 44.4 Å². The van der Waals surface area contributed by atoms with Crippen molar-refractivity contribution in [3.63, 3.8) is 0 Å². The predicted molar refractivity (Wildman–Crippen MR) is 95.8 cm³/mol. The normalized spacial score (nSPS) is 11.0. The molecule has 0 unspecified atom stereocenters. The Balaban J connectivity index is 1.71. The van der Waals surface area contributed by atoms with Crippen molar-refractivity contribution in [2.24, 2.45) is 0 Å². The molecule has 2 nitrogen and oxygen atoms in total. The van der Waals surface area contributed by atoms with Gasteiger partial charge in [-0.1, -0.05) is 58.4 Å². The zero-order chi connectivity index (χ0) is 15.4. The molecular formula is C19H14BrNO. The van der Waals surface area contributed by atoms with Crippen LogP contribution in [-0.4, -0.2) is 5.91 Å². The molecule has 0 saturated heterocycles. The van der Waals surface area contributed by atoms with Gasteiger partial charge in [0.05, 0.1) is 0 Å². The van der Waals surface area contributed by atoms with Gasteiger partial charge in [-0.25, -0.2) is 0 Å². The fourth-order valence-electron chi connectivity index (χ4n) is 2.20. The molecule has 3 heteroatoms. The lowest BCUT2D eigenvalue weighted by Gasteiger charge is -2.04. The molecule has 3 rings (SSSR count). The van der Waals surface area contributed by atoms with E-state index in [0.717, 1.165) is 26.5 Å². The van der Waals surface area contributed by atoms with E-state index >= 15 is 0 Å². The number of hydrogen-bond donors (Lipinski definition) is 1. The molecule has 0 aromatic heterocycles. The molecule has 0 aliphatic rings. The van der Waals surface area contributed by atoms with Crippen LogP contribution < -0.4 is 5.32 Å². The van der Waals surface area contributed by atoms with Crippen molar-refractivity contribution < 1.29 is 4.79 Å². The lowest BCUT2D eigenvalue weighted by Crippen LogP contribution is -2.07. The molecule has 1 N–H and O–H groups in total. The number of fused-ring (bicyclic) bond motifs is 1. The number of carbonyl (C=O) groups excluding carboxylic acids is 1. The van der Waals surface area contributed by atoms with E-state index in [0.29, 0.717) is 0 Å². The maximum absolute atomic E-state index is 12.0. The van der Waals surface area contributed by atoms with Gasteiger partial charge in [0.2, 0.25) is 5.91 Å². The number of carbonyl (C=O) groups is 1. The topological polar surface area (TPSA) is 29.1 Å². The van der Waals surface area contributed by atoms with E-state index in [1.807, 2.05) is 66.7 Å². The lowest BCUT2D eigenvalue weighted by atomic mass is 10.1. The van der Waals surface area contributed by atoms with Crippen LogP contribution in [0.3, 0.4) is 0 Å². The molecule has 3 aromatic rings. The number of amides is 1. The number of halogens is 1. The minimum atomic E-state index is -0.141. The number of nitrogens with one attached hydrogen (secondary N) is 1. The van der Waals surface area contributed by atoms with Crippen LogP contribution in [0.2, 0.25) is 0 Å². The van der Waals surface area contributed by atoms with E-state index in [-0.39, 0.29) is 5.91 Å². The van der Waals surface area contributed by atoms with Crippen molar-refractivity contribution in [3.8, 4) is 0 Å². The Kier molecular flexibility index (Phi) is 4.35. The van der Waals surface area contributed by atoms with Crippen LogP contribution in [0.1, 0.15) is 5.56 Å². The molecule has 0 atom stereocenters. The maximum atomic E-state index is 12.0. The van der Waals surface area contributed by atoms with E-state index in [1.165, 1.54) is 0 Å². The summed E-state index contributed by atoms with van der Waals surface area (Å²) in [5.41, 5.74) is 1.78. The summed E-state index contributed by atoms with van der Waals surface area (Å²) in [5, 5.41) is 5.15. The average Bonchev–Trinajstić information content (AvgIpc) is 2.54. The highest BCUT2D eigenvalue weighted by Crippen LogP contribution is 2.19. The van der Waals surface area contributed by atoms with E-state index in [9.17, 15) is 4.79 Å². The van der Waals surface area contributed by atoms with Gasteiger partial charge >= 0.3 is 0 Å². The zero-order valence-corrected chi connectivity index (χ0v) is 13.4. The van der Waals surface area contributed by atoms with Crippen LogP contribution in [0.15, 0.2) is 77.3 Å². The first-order valence-electron chi connectivity index (χ1n) is 6.94. The minimum Gasteiger partial charge on any atom is -0.322 e. The summed E-state index contributed by atoms with van der Waals surface area (Å²) in [6.07, 6.45) is 3.33. The standard InChI is InChI=1S/C19H14BrNO/c20-17-9-5-14(6-10-17)7-12-19(22)21-18-11-8-15-3-1-2-4-16(15)13-18/h1-13H,(H,21,22). The molecule has 0 aliphatic carbocycles. The van der Waals surface area contributed by atoms with Gasteiger partial charge in [-0.2, -0.15) is 0 Å². The molecule has 0 spiro atoms. The van der Waals surface area contributed by atoms with Crippen molar-refractivity contribution in [1.82, 2.24) is 0 Å². The van der Waals surface area contributed by atoms with E-state index < -0.39 is 0 Å². The van der Waals surface area contributed by atoms with Crippen LogP contribution in [0.5, 0.6) is 0 Å². The van der Waals surface area contributed by atoms with Crippen LogP contribution >= 0.6 is 15.9 Å². The summed E-state index contributed by atoms with van der Waals surface area (Å²) in [6.45, 7) is 0. The van der Waals surface area contributed by atoms with Crippen molar-refractivity contribution in [1.29, 1.82) is 0 Å². The minimum absolute atomic E-state index is 0.141. The Morgan fingerprint density at radius 2 is 1.64 bits per heavy atom. The van der Waals surface area contributed by atoms with Crippen molar-refractivity contribution in [3.05, 3.63) is 82.8 Å². The second-order valence-electron chi connectivity index (χ2n) is 4.94. The Labute approximate surface area is 137 Å². The first kappa shape index (κ1) is 14.5. The van der Waals surface area contributed by atoms with Gasteiger partial charge < -0.3 is 5.32 Å².